The number of hydrogen-bond acceptors (Lipinski definition) is 7. The standard InChI is InChI=1S/C16H26O7/c1-8-3-4-9(10(18)5-8)16(2)7-21-15-14(23-16)13(20)12(19)11(6-17)22-15/h8-9,11-15,17,19-20H,3-7H2,1-2H3/t8-,9-,11+,12+,13-,14-,15+,16-/m0/s1. The van der Waals surface area contributed by atoms with Crippen LogP contribution < -0.4 is 0 Å². The van der Waals surface area contributed by atoms with Crippen molar-refractivity contribution in [2.75, 3.05) is 13.2 Å². The van der Waals surface area contributed by atoms with Crippen LogP contribution in [0.2, 0.25) is 0 Å². The van der Waals surface area contributed by atoms with Crippen LogP contribution in [0, 0.1) is 11.8 Å². The first-order chi connectivity index (χ1) is 10.9. The van der Waals surface area contributed by atoms with E-state index in [4.69, 9.17) is 14.2 Å². The minimum absolute atomic E-state index is 0.160. The number of rotatable bonds is 2. The van der Waals surface area contributed by atoms with Crippen LogP contribution >= 0.6 is 0 Å². The highest BCUT2D eigenvalue weighted by Crippen LogP contribution is 2.41. The average molecular weight is 330 g/mol. The molecule has 0 unspecified atom stereocenters. The van der Waals surface area contributed by atoms with Crippen molar-refractivity contribution in [2.45, 2.75) is 69.4 Å². The van der Waals surface area contributed by atoms with E-state index in [2.05, 4.69) is 6.92 Å². The van der Waals surface area contributed by atoms with Crippen molar-refractivity contribution in [1.29, 1.82) is 0 Å². The van der Waals surface area contributed by atoms with Crippen LogP contribution in [0.25, 0.3) is 0 Å². The molecule has 0 aromatic heterocycles. The van der Waals surface area contributed by atoms with Gasteiger partial charge in [0.1, 0.15) is 30.2 Å². The number of Topliss-reactive ketones (excluding diaryl/α,β-unsaturated/α-hetero) is 1. The molecule has 8 atom stereocenters. The molecule has 1 saturated carbocycles. The normalized spacial score (nSPS) is 51.3. The fraction of sp³-hybridized carbons (Fsp3) is 0.938. The second-order valence-electron chi connectivity index (χ2n) is 7.32. The molecule has 0 aromatic carbocycles. The molecule has 0 radical (unpaired) electrons. The first-order valence-corrected chi connectivity index (χ1v) is 8.30. The maximum atomic E-state index is 12.4. The van der Waals surface area contributed by atoms with Gasteiger partial charge in [-0.2, -0.15) is 0 Å². The minimum Gasteiger partial charge on any atom is -0.394 e. The van der Waals surface area contributed by atoms with Gasteiger partial charge in [-0.05, 0) is 25.7 Å². The van der Waals surface area contributed by atoms with Gasteiger partial charge in [0.15, 0.2) is 6.29 Å². The molecule has 0 amide bonds. The van der Waals surface area contributed by atoms with Crippen LogP contribution in [-0.2, 0) is 19.0 Å². The molecular weight excluding hydrogens is 304 g/mol. The van der Waals surface area contributed by atoms with Gasteiger partial charge in [0.05, 0.1) is 18.8 Å². The highest BCUT2D eigenvalue weighted by Gasteiger charge is 2.54. The van der Waals surface area contributed by atoms with E-state index in [-0.39, 0.29) is 18.3 Å². The first kappa shape index (κ1) is 17.3. The van der Waals surface area contributed by atoms with Crippen LogP contribution in [0.3, 0.4) is 0 Å². The van der Waals surface area contributed by atoms with Gasteiger partial charge in [-0.3, -0.25) is 4.79 Å². The molecular formula is C16H26O7. The predicted octanol–water partition coefficient (Wildman–Crippen LogP) is -0.395. The molecule has 132 valence electrons. The third-order valence-corrected chi connectivity index (χ3v) is 5.39. The van der Waals surface area contributed by atoms with Crippen LogP contribution in [0.5, 0.6) is 0 Å². The minimum atomic E-state index is -1.26. The number of aliphatic hydroxyl groups excluding tert-OH is 3. The molecule has 3 rings (SSSR count). The monoisotopic (exact) mass is 330 g/mol. The SMILES string of the molecule is C[C@H]1CC[C@H]([C@]2(C)CO[C@@H]3O[C@H](CO)[C@@H](O)[C@H](O)[C@@H]3O2)C(=O)C1. The Hall–Kier alpha value is -0.570. The molecule has 1 aliphatic carbocycles. The molecule has 2 aliphatic heterocycles. The van der Waals surface area contributed by atoms with Gasteiger partial charge in [0.25, 0.3) is 0 Å². The van der Waals surface area contributed by atoms with Crippen LogP contribution in [0.4, 0.5) is 0 Å². The average Bonchev–Trinajstić information content (AvgIpc) is 2.51. The number of ether oxygens (including phenoxy) is 3. The number of carbonyl (C=O) groups excluding carboxylic acids is 1. The van der Waals surface area contributed by atoms with Crippen molar-refractivity contribution < 1.29 is 34.3 Å². The second-order valence-corrected chi connectivity index (χ2v) is 7.32. The zero-order valence-electron chi connectivity index (χ0n) is 13.6. The maximum Gasteiger partial charge on any atom is 0.187 e. The van der Waals surface area contributed by atoms with E-state index in [1.54, 1.807) is 0 Å². The summed E-state index contributed by atoms with van der Waals surface area (Å²) in [7, 11) is 0. The van der Waals surface area contributed by atoms with E-state index in [0.717, 1.165) is 12.8 Å². The fourth-order valence-corrected chi connectivity index (χ4v) is 3.94. The Morgan fingerprint density at radius 3 is 2.65 bits per heavy atom. The Bertz CT molecular complexity index is 454. The lowest BCUT2D eigenvalue weighted by Crippen LogP contribution is -2.67. The molecule has 2 heterocycles. The first-order valence-electron chi connectivity index (χ1n) is 8.30. The molecule has 23 heavy (non-hydrogen) atoms. The third-order valence-electron chi connectivity index (χ3n) is 5.39. The molecule has 3 fully saturated rings. The Labute approximate surface area is 135 Å². The Balaban J connectivity index is 1.74. The number of fused-ring (bicyclic) bond motifs is 1. The Kier molecular flexibility index (Phi) is 4.79. The summed E-state index contributed by atoms with van der Waals surface area (Å²) in [5.74, 6) is 0.267. The van der Waals surface area contributed by atoms with Crippen LogP contribution in [-0.4, -0.2) is 70.6 Å². The number of ketones is 1. The predicted molar refractivity (Wildman–Crippen MR) is 78.5 cm³/mol. The van der Waals surface area contributed by atoms with Gasteiger partial charge in [-0.25, -0.2) is 0 Å². The summed E-state index contributed by atoms with van der Waals surface area (Å²) < 4.78 is 17.2. The number of hydrogen-bond donors (Lipinski definition) is 3. The molecule has 2 saturated heterocycles. The molecule has 0 aromatic rings. The summed E-state index contributed by atoms with van der Waals surface area (Å²) in [5, 5.41) is 29.5. The Morgan fingerprint density at radius 2 is 2.00 bits per heavy atom. The quantitative estimate of drug-likeness (QED) is 0.633. The molecule has 3 aliphatic rings. The third kappa shape index (κ3) is 3.06. The summed E-state index contributed by atoms with van der Waals surface area (Å²) >= 11 is 0. The molecule has 3 N–H and O–H groups in total. The molecule has 7 heteroatoms. The Morgan fingerprint density at radius 1 is 1.26 bits per heavy atom. The zero-order chi connectivity index (χ0) is 16.8. The van der Waals surface area contributed by atoms with Crippen molar-refractivity contribution in [3.63, 3.8) is 0 Å². The summed E-state index contributed by atoms with van der Waals surface area (Å²) in [6, 6.07) is 0. The van der Waals surface area contributed by atoms with E-state index in [0.29, 0.717) is 12.3 Å². The highest BCUT2D eigenvalue weighted by atomic mass is 16.7. The van der Waals surface area contributed by atoms with Gasteiger partial charge >= 0.3 is 0 Å². The smallest absolute Gasteiger partial charge is 0.187 e. The molecule has 7 nitrogen and oxygen atoms in total. The van der Waals surface area contributed by atoms with Crippen LogP contribution in [0.15, 0.2) is 0 Å². The lowest BCUT2D eigenvalue weighted by atomic mass is 9.73. The lowest BCUT2D eigenvalue weighted by molar-refractivity contribution is -0.371. The second kappa shape index (κ2) is 6.38. The van der Waals surface area contributed by atoms with Crippen molar-refractivity contribution >= 4 is 5.78 Å². The van der Waals surface area contributed by atoms with E-state index in [1.807, 2.05) is 6.92 Å². The van der Waals surface area contributed by atoms with E-state index < -0.39 is 42.9 Å². The number of aliphatic hydroxyl groups is 3. The highest BCUT2D eigenvalue weighted by molar-refractivity contribution is 5.83. The summed E-state index contributed by atoms with van der Waals surface area (Å²) in [5.41, 5.74) is -0.839. The summed E-state index contributed by atoms with van der Waals surface area (Å²) in [6.45, 7) is 3.65. The van der Waals surface area contributed by atoms with Gasteiger partial charge in [-0.15, -0.1) is 0 Å². The maximum absolute atomic E-state index is 12.4. The lowest BCUT2D eigenvalue weighted by Gasteiger charge is -2.51. The topological polar surface area (TPSA) is 105 Å². The van der Waals surface area contributed by atoms with Gasteiger partial charge < -0.3 is 29.5 Å². The summed E-state index contributed by atoms with van der Waals surface area (Å²) in [4.78, 5) is 12.4. The number of carbonyl (C=O) groups is 1. The van der Waals surface area contributed by atoms with Crippen LogP contribution in [0.1, 0.15) is 33.1 Å². The van der Waals surface area contributed by atoms with Gasteiger partial charge in [0.2, 0.25) is 0 Å². The summed E-state index contributed by atoms with van der Waals surface area (Å²) in [6.07, 6.45) is -2.90. The van der Waals surface area contributed by atoms with Crippen molar-refractivity contribution in [2.24, 2.45) is 11.8 Å². The van der Waals surface area contributed by atoms with Gasteiger partial charge in [0, 0.05) is 12.3 Å². The van der Waals surface area contributed by atoms with Crippen molar-refractivity contribution in [1.82, 2.24) is 0 Å². The van der Waals surface area contributed by atoms with Crippen molar-refractivity contribution in [3.05, 3.63) is 0 Å². The van der Waals surface area contributed by atoms with E-state index in [9.17, 15) is 20.1 Å². The largest absolute Gasteiger partial charge is 0.394 e. The van der Waals surface area contributed by atoms with E-state index in [1.165, 1.54) is 0 Å². The fourth-order valence-electron chi connectivity index (χ4n) is 3.94. The van der Waals surface area contributed by atoms with E-state index >= 15 is 0 Å². The molecule has 0 bridgehead atoms. The molecule has 0 spiro atoms. The van der Waals surface area contributed by atoms with Gasteiger partial charge in [-0.1, -0.05) is 6.92 Å². The zero-order valence-corrected chi connectivity index (χ0v) is 13.6. The van der Waals surface area contributed by atoms with Crippen molar-refractivity contribution in [3.8, 4) is 0 Å².